The van der Waals surface area contributed by atoms with Crippen molar-refractivity contribution in [3.8, 4) is 0 Å². The Kier molecular flexibility index (Phi) is 6.46. The number of carbonyl (C=O) groups excluding carboxylic acids is 1. The zero-order chi connectivity index (χ0) is 8.69. The van der Waals surface area contributed by atoms with Gasteiger partial charge in [-0.05, 0) is 24.6 Å². The fourth-order valence-corrected chi connectivity index (χ4v) is 0.621. The van der Waals surface area contributed by atoms with Crippen LogP contribution in [-0.2, 0) is 4.79 Å². The monoisotopic (exact) mass is 237 g/mol. The van der Waals surface area contributed by atoms with E-state index in [0.717, 1.165) is 5.33 Å². The quantitative estimate of drug-likeness (QED) is 0.319. The SMILES string of the molecule is CC(=CC=NCCBr)C(=O)Cl. The molecule has 0 unspecified atom stereocenters. The molecule has 11 heavy (non-hydrogen) atoms. The first-order chi connectivity index (χ1) is 5.18. The Morgan fingerprint density at radius 2 is 2.36 bits per heavy atom. The van der Waals surface area contributed by atoms with Gasteiger partial charge in [0.05, 0.1) is 0 Å². The van der Waals surface area contributed by atoms with Crippen LogP contribution in [0.2, 0.25) is 0 Å². The maximum Gasteiger partial charge on any atom is 0.248 e. The predicted molar refractivity (Wildman–Crippen MR) is 51.8 cm³/mol. The van der Waals surface area contributed by atoms with Gasteiger partial charge in [-0.3, -0.25) is 9.79 Å². The first-order valence-corrected chi connectivity index (χ1v) is 4.61. The van der Waals surface area contributed by atoms with E-state index in [1.165, 1.54) is 0 Å². The van der Waals surface area contributed by atoms with Crippen molar-refractivity contribution in [2.24, 2.45) is 4.99 Å². The molecule has 0 aromatic heterocycles. The third kappa shape index (κ3) is 6.26. The average Bonchev–Trinajstić information content (AvgIpc) is 1.97. The number of nitrogens with zero attached hydrogens (tertiary/aromatic N) is 1. The molecule has 0 N–H and O–H groups in total. The normalized spacial score (nSPS) is 12.5. The summed E-state index contributed by atoms with van der Waals surface area (Å²) in [6, 6.07) is 0. The Bertz CT molecular complexity index is 189. The predicted octanol–water partition coefficient (Wildman–Crippen LogP) is 2.16. The summed E-state index contributed by atoms with van der Waals surface area (Å²) in [5, 5.41) is 0.390. The number of halogens is 2. The number of allylic oxidation sites excluding steroid dienone is 2. The summed E-state index contributed by atoms with van der Waals surface area (Å²) in [4.78, 5) is 14.4. The van der Waals surface area contributed by atoms with Crippen molar-refractivity contribution in [1.29, 1.82) is 0 Å². The van der Waals surface area contributed by atoms with Crippen molar-refractivity contribution in [3.05, 3.63) is 11.6 Å². The fraction of sp³-hybridized carbons (Fsp3) is 0.429. The van der Waals surface area contributed by atoms with Gasteiger partial charge < -0.3 is 0 Å². The van der Waals surface area contributed by atoms with Crippen LogP contribution in [0.1, 0.15) is 6.92 Å². The maximum atomic E-state index is 10.4. The van der Waals surface area contributed by atoms with Gasteiger partial charge in [-0.15, -0.1) is 0 Å². The molecule has 0 aliphatic rings. The lowest BCUT2D eigenvalue weighted by atomic mass is 10.3. The zero-order valence-electron chi connectivity index (χ0n) is 6.18. The number of hydrogen-bond donors (Lipinski definition) is 0. The van der Waals surface area contributed by atoms with Gasteiger partial charge in [0.2, 0.25) is 5.24 Å². The van der Waals surface area contributed by atoms with E-state index in [0.29, 0.717) is 12.1 Å². The van der Waals surface area contributed by atoms with Crippen molar-refractivity contribution in [3.63, 3.8) is 0 Å². The van der Waals surface area contributed by atoms with Crippen molar-refractivity contribution in [2.75, 3.05) is 11.9 Å². The van der Waals surface area contributed by atoms with Gasteiger partial charge in [-0.25, -0.2) is 0 Å². The van der Waals surface area contributed by atoms with Gasteiger partial charge in [-0.1, -0.05) is 15.9 Å². The van der Waals surface area contributed by atoms with Crippen molar-refractivity contribution in [1.82, 2.24) is 0 Å². The van der Waals surface area contributed by atoms with Crippen LogP contribution in [0.15, 0.2) is 16.6 Å². The summed E-state index contributed by atoms with van der Waals surface area (Å²) >= 11 is 8.38. The van der Waals surface area contributed by atoms with Crippen LogP contribution in [0.25, 0.3) is 0 Å². The summed E-state index contributed by atoms with van der Waals surface area (Å²) in [5.74, 6) is 0. The first-order valence-electron chi connectivity index (χ1n) is 3.11. The second kappa shape index (κ2) is 6.55. The molecular formula is C7H9BrClNO. The molecule has 0 heterocycles. The fourth-order valence-electron chi connectivity index (χ4n) is 0.353. The molecule has 0 aromatic rings. The molecule has 0 radical (unpaired) electrons. The number of alkyl halides is 1. The van der Waals surface area contributed by atoms with Crippen molar-refractivity contribution in [2.45, 2.75) is 6.92 Å². The summed E-state index contributed by atoms with van der Waals surface area (Å²) in [6.07, 6.45) is 3.18. The topological polar surface area (TPSA) is 29.4 Å². The van der Waals surface area contributed by atoms with Gasteiger partial charge in [0.1, 0.15) is 0 Å². The zero-order valence-corrected chi connectivity index (χ0v) is 8.52. The molecule has 0 fully saturated rings. The molecule has 0 aromatic carbocycles. The van der Waals surface area contributed by atoms with Crippen LogP contribution in [0.5, 0.6) is 0 Å². The Morgan fingerprint density at radius 1 is 1.73 bits per heavy atom. The Labute approximate surface area is 79.5 Å². The molecule has 0 saturated heterocycles. The van der Waals surface area contributed by atoms with Crippen molar-refractivity contribution < 1.29 is 4.79 Å². The van der Waals surface area contributed by atoms with E-state index in [4.69, 9.17) is 11.6 Å². The van der Waals surface area contributed by atoms with Crippen LogP contribution in [-0.4, -0.2) is 23.3 Å². The van der Waals surface area contributed by atoms with Crippen LogP contribution >= 0.6 is 27.5 Å². The van der Waals surface area contributed by atoms with Crippen molar-refractivity contribution >= 4 is 39.0 Å². The van der Waals surface area contributed by atoms with Gasteiger partial charge >= 0.3 is 0 Å². The molecule has 4 heteroatoms. The summed E-state index contributed by atoms with van der Waals surface area (Å²) < 4.78 is 0. The number of hydrogen-bond acceptors (Lipinski definition) is 2. The van der Waals surface area contributed by atoms with Gasteiger partial charge in [0.25, 0.3) is 0 Å². The standard InChI is InChI=1S/C7H9BrClNO/c1-6(7(9)11)2-4-10-5-3-8/h2,4H,3,5H2,1H3. The number of rotatable bonds is 4. The van der Waals surface area contributed by atoms with Gasteiger partial charge in [0.15, 0.2) is 0 Å². The lowest BCUT2D eigenvalue weighted by Gasteiger charge is -1.86. The van der Waals surface area contributed by atoms with E-state index in [1.54, 1.807) is 19.2 Å². The molecule has 0 bridgehead atoms. The second-order valence-electron chi connectivity index (χ2n) is 1.87. The van der Waals surface area contributed by atoms with Crippen LogP contribution in [0.3, 0.4) is 0 Å². The molecule has 2 nitrogen and oxygen atoms in total. The van der Waals surface area contributed by atoms with Crippen LogP contribution in [0, 0.1) is 0 Å². The van der Waals surface area contributed by atoms with Gasteiger partial charge in [0, 0.05) is 23.7 Å². The van der Waals surface area contributed by atoms with E-state index >= 15 is 0 Å². The summed E-state index contributed by atoms with van der Waals surface area (Å²) in [6.45, 7) is 2.36. The summed E-state index contributed by atoms with van der Waals surface area (Å²) in [7, 11) is 0. The van der Waals surface area contributed by atoms with Gasteiger partial charge in [-0.2, -0.15) is 0 Å². The second-order valence-corrected chi connectivity index (χ2v) is 3.00. The summed E-state index contributed by atoms with van der Waals surface area (Å²) in [5.41, 5.74) is 0.505. The molecule has 0 amide bonds. The minimum atomic E-state index is -0.435. The third-order valence-electron chi connectivity index (χ3n) is 0.954. The van der Waals surface area contributed by atoms with E-state index < -0.39 is 5.24 Å². The third-order valence-corrected chi connectivity index (χ3v) is 1.61. The Balaban J connectivity index is 3.81. The number of carbonyl (C=O) groups is 1. The van der Waals surface area contributed by atoms with E-state index in [2.05, 4.69) is 20.9 Å². The lowest BCUT2D eigenvalue weighted by Crippen LogP contribution is -1.88. The molecule has 0 aliphatic carbocycles. The van der Waals surface area contributed by atoms with E-state index in [-0.39, 0.29) is 0 Å². The van der Waals surface area contributed by atoms with Crippen LogP contribution < -0.4 is 0 Å². The highest BCUT2D eigenvalue weighted by molar-refractivity contribution is 9.09. The minimum Gasteiger partial charge on any atom is -0.292 e. The first kappa shape index (κ1) is 10.8. The largest absolute Gasteiger partial charge is 0.292 e. The molecule has 0 aliphatic heterocycles. The lowest BCUT2D eigenvalue weighted by molar-refractivity contribution is -0.108. The molecule has 0 spiro atoms. The average molecular weight is 239 g/mol. The smallest absolute Gasteiger partial charge is 0.248 e. The highest BCUT2D eigenvalue weighted by atomic mass is 79.9. The maximum absolute atomic E-state index is 10.4. The Morgan fingerprint density at radius 3 is 2.82 bits per heavy atom. The molecule has 0 rings (SSSR count). The molecule has 62 valence electrons. The number of aliphatic imine (C=N–C) groups is 1. The van der Waals surface area contributed by atoms with E-state index in [9.17, 15) is 4.79 Å². The molecular weight excluding hydrogens is 229 g/mol. The Hall–Kier alpha value is -0.150. The minimum absolute atomic E-state index is 0.435. The van der Waals surface area contributed by atoms with E-state index in [1.807, 2.05) is 0 Å². The highest BCUT2D eigenvalue weighted by Crippen LogP contribution is 1.96. The molecule has 0 atom stereocenters. The van der Waals surface area contributed by atoms with Crippen LogP contribution in [0.4, 0.5) is 0 Å². The molecule has 0 saturated carbocycles. The highest BCUT2D eigenvalue weighted by Gasteiger charge is 1.94.